The molecule has 0 amide bonds. The summed E-state index contributed by atoms with van der Waals surface area (Å²) in [6, 6.07) is 8.10. The summed E-state index contributed by atoms with van der Waals surface area (Å²) in [5.74, 6) is 0. The monoisotopic (exact) mass is 236 g/mol. The van der Waals surface area contributed by atoms with Crippen molar-refractivity contribution in [2.45, 2.75) is 13.3 Å². The first-order chi connectivity index (χ1) is 8.69. The van der Waals surface area contributed by atoms with Gasteiger partial charge >= 0.3 is 0 Å². The van der Waals surface area contributed by atoms with Crippen LogP contribution in [0.2, 0.25) is 0 Å². The van der Waals surface area contributed by atoms with Crippen LogP contribution in [0.1, 0.15) is 11.3 Å². The van der Waals surface area contributed by atoms with Gasteiger partial charge in [-0.15, -0.1) is 0 Å². The number of aryl methyl sites for hydroxylation is 1. The molecule has 0 saturated carbocycles. The number of aromatic nitrogens is 2. The first-order valence-corrected chi connectivity index (χ1v) is 5.87. The third-order valence-corrected chi connectivity index (χ3v) is 2.75. The van der Waals surface area contributed by atoms with Gasteiger partial charge in [0.05, 0.1) is 5.69 Å². The molecule has 0 fully saturated rings. The average molecular weight is 236 g/mol. The van der Waals surface area contributed by atoms with Gasteiger partial charge in [0, 0.05) is 23.7 Å². The highest BCUT2D eigenvalue weighted by Crippen LogP contribution is 2.17. The summed E-state index contributed by atoms with van der Waals surface area (Å²) in [5.41, 5.74) is 5.13. The first-order valence-electron chi connectivity index (χ1n) is 5.87. The number of hydrogen-bond donors (Lipinski definition) is 0. The van der Waals surface area contributed by atoms with Crippen molar-refractivity contribution in [2.75, 3.05) is 0 Å². The minimum atomic E-state index is 0.795. The number of allylic oxidation sites excluding steroid dienone is 2. The first kappa shape index (κ1) is 12.2. The van der Waals surface area contributed by atoms with Gasteiger partial charge in [0.1, 0.15) is 0 Å². The Bertz CT molecular complexity index is 551. The van der Waals surface area contributed by atoms with E-state index in [1.54, 1.807) is 6.08 Å². The van der Waals surface area contributed by atoms with Crippen molar-refractivity contribution in [1.29, 1.82) is 0 Å². The zero-order chi connectivity index (χ0) is 13.0. The molecule has 0 aliphatic rings. The molecule has 18 heavy (non-hydrogen) atoms. The van der Waals surface area contributed by atoms with E-state index in [4.69, 9.17) is 0 Å². The molecule has 2 heteroatoms. The van der Waals surface area contributed by atoms with Gasteiger partial charge in [-0.3, -0.25) is 9.97 Å². The van der Waals surface area contributed by atoms with Crippen LogP contribution in [0.5, 0.6) is 0 Å². The molecule has 2 aromatic heterocycles. The lowest BCUT2D eigenvalue weighted by Crippen LogP contribution is -1.90. The van der Waals surface area contributed by atoms with E-state index in [0.717, 1.165) is 34.5 Å². The molecule has 0 aromatic carbocycles. The smallest absolute Gasteiger partial charge is 0.0717 e. The molecular formula is C16H16N2. The fourth-order valence-corrected chi connectivity index (χ4v) is 1.65. The summed E-state index contributed by atoms with van der Waals surface area (Å²) in [4.78, 5) is 8.72. The second-order valence-corrected chi connectivity index (χ2v) is 4.28. The van der Waals surface area contributed by atoms with Gasteiger partial charge in [-0.2, -0.15) is 0 Å². The molecule has 2 aromatic rings. The van der Waals surface area contributed by atoms with Crippen molar-refractivity contribution in [3.63, 3.8) is 0 Å². The lowest BCUT2D eigenvalue weighted by molar-refractivity contribution is 1.15. The van der Waals surface area contributed by atoms with E-state index in [1.807, 2.05) is 37.5 Å². The van der Waals surface area contributed by atoms with Gasteiger partial charge < -0.3 is 0 Å². The minimum Gasteiger partial charge on any atom is -0.261 e. The molecule has 0 saturated heterocycles. The number of hydrogen-bond acceptors (Lipinski definition) is 2. The fourth-order valence-electron chi connectivity index (χ4n) is 1.65. The summed E-state index contributed by atoms with van der Waals surface area (Å²) in [5, 5.41) is 0. The van der Waals surface area contributed by atoms with Gasteiger partial charge in [0.25, 0.3) is 0 Å². The minimum absolute atomic E-state index is 0.795. The maximum Gasteiger partial charge on any atom is 0.0717 e. The van der Waals surface area contributed by atoms with E-state index in [9.17, 15) is 0 Å². The Hall–Kier alpha value is -2.22. The maximum absolute atomic E-state index is 4.45. The van der Waals surface area contributed by atoms with Gasteiger partial charge in [-0.1, -0.05) is 30.9 Å². The molecule has 0 bridgehead atoms. The quantitative estimate of drug-likeness (QED) is 0.756. The van der Waals surface area contributed by atoms with Crippen LogP contribution >= 0.6 is 0 Å². The summed E-state index contributed by atoms with van der Waals surface area (Å²) >= 11 is 0. The van der Waals surface area contributed by atoms with Crippen LogP contribution in [0.15, 0.2) is 61.5 Å². The summed E-state index contributed by atoms with van der Waals surface area (Å²) in [6.45, 7) is 9.58. The van der Waals surface area contributed by atoms with E-state index < -0.39 is 0 Å². The predicted octanol–water partition coefficient (Wildman–Crippen LogP) is 3.74. The second kappa shape index (κ2) is 5.41. The Morgan fingerprint density at radius 2 is 2.00 bits per heavy atom. The Balaban J connectivity index is 2.19. The van der Waals surface area contributed by atoms with E-state index in [1.165, 1.54) is 0 Å². The number of rotatable bonds is 4. The molecule has 0 unspecified atom stereocenters. The second-order valence-electron chi connectivity index (χ2n) is 4.28. The Morgan fingerprint density at radius 3 is 2.56 bits per heavy atom. The molecule has 90 valence electrons. The molecule has 0 N–H and O–H groups in total. The SMILES string of the molecule is C=CC(=C)Cc1ccc(-c2ccc(C)nc2)nc1. The molecule has 0 spiro atoms. The fraction of sp³-hybridized carbons (Fsp3) is 0.125. The molecule has 0 aliphatic carbocycles. The summed E-state index contributed by atoms with van der Waals surface area (Å²) in [6.07, 6.45) is 6.30. The standard InChI is InChI=1S/C16H16N2/c1-4-12(2)9-14-6-8-16(18-10-14)15-7-5-13(3)17-11-15/h4-8,10-11H,1-2,9H2,3H3. The molecule has 0 atom stereocenters. The molecular weight excluding hydrogens is 220 g/mol. The number of nitrogens with zero attached hydrogens (tertiary/aromatic N) is 2. The van der Waals surface area contributed by atoms with E-state index in [0.29, 0.717) is 0 Å². The lowest BCUT2D eigenvalue weighted by atomic mass is 10.1. The third kappa shape index (κ3) is 2.92. The van der Waals surface area contributed by atoms with Crippen LogP contribution < -0.4 is 0 Å². The molecule has 0 aliphatic heterocycles. The van der Waals surface area contributed by atoms with Crippen molar-refractivity contribution in [3.8, 4) is 11.3 Å². The van der Waals surface area contributed by atoms with Gasteiger partial charge in [0.15, 0.2) is 0 Å². The molecule has 2 rings (SSSR count). The topological polar surface area (TPSA) is 25.8 Å². The lowest BCUT2D eigenvalue weighted by Gasteiger charge is -2.04. The van der Waals surface area contributed by atoms with E-state index in [-0.39, 0.29) is 0 Å². The van der Waals surface area contributed by atoms with Crippen LogP contribution in [-0.4, -0.2) is 9.97 Å². The van der Waals surface area contributed by atoms with Crippen molar-refractivity contribution in [2.24, 2.45) is 0 Å². The predicted molar refractivity (Wildman–Crippen MR) is 75.2 cm³/mol. The average Bonchev–Trinajstić information content (AvgIpc) is 2.40. The van der Waals surface area contributed by atoms with Crippen LogP contribution in [0.4, 0.5) is 0 Å². The normalized spacial score (nSPS) is 10.1. The third-order valence-electron chi connectivity index (χ3n) is 2.75. The summed E-state index contributed by atoms with van der Waals surface area (Å²) < 4.78 is 0. The van der Waals surface area contributed by atoms with E-state index in [2.05, 4.69) is 29.2 Å². The largest absolute Gasteiger partial charge is 0.261 e. The van der Waals surface area contributed by atoms with Crippen molar-refractivity contribution in [1.82, 2.24) is 9.97 Å². The highest BCUT2D eigenvalue weighted by atomic mass is 14.7. The van der Waals surface area contributed by atoms with E-state index >= 15 is 0 Å². The van der Waals surface area contributed by atoms with Crippen molar-refractivity contribution < 1.29 is 0 Å². The van der Waals surface area contributed by atoms with Crippen molar-refractivity contribution in [3.05, 3.63) is 72.7 Å². The number of pyridine rings is 2. The van der Waals surface area contributed by atoms with Gasteiger partial charge in [-0.05, 0) is 37.1 Å². The highest BCUT2D eigenvalue weighted by molar-refractivity contribution is 5.57. The van der Waals surface area contributed by atoms with Crippen molar-refractivity contribution >= 4 is 0 Å². The molecule has 2 nitrogen and oxygen atoms in total. The highest BCUT2D eigenvalue weighted by Gasteiger charge is 2.00. The van der Waals surface area contributed by atoms with Crippen LogP contribution in [-0.2, 0) is 6.42 Å². The maximum atomic E-state index is 4.45. The molecule has 0 radical (unpaired) electrons. The van der Waals surface area contributed by atoms with Crippen LogP contribution in [0.3, 0.4) is 0 Å². The zero-order valence-corrected chi connectivity index (χ0v) is 10.6. The van der Waals surface area contributed by atoms with Crippen LogP contribution in [0.25, 0.3) is 11.3 Å². The Labute approximate surface area is 108 Å². The van der Waals surface area contributed by atoms with Crippen LogP contribution in [0, 0.1) is 6.92 Å². The Morgan fingerprint density at radius 1 is 1.17 bits per heavy atom. The molecule has 2 heterocycles. The zero-order valence-electron chi connectivity index (χ0n) is 10.6. The van der Waals surface area contributed by atoms with Gasteiger partial charge in [-0.25, -0.2) is 0 Å². The summed E-state index contributed by atoms with van der Waals surface area (Å²) in [7, 11) is 0. The van der Waals surface area contributed by atoms with Gasteiger partial charge in [0.2, 0.25) is 0 Å². The Kier molecular flexibility index (Phi) is 3.68.